The van der Waals surface area contributed by atoms with Crippen molar-refractivity contribution in [3.63, 3.8) is 0 Å². The van der Waals surface area contributed by atoms with Gasteiger partial charge in [0, 0.05) is 12.5 Å². The predicted molar refractivity (Wildman–Crippen MR) is 79.8 cm³/mol. The van der Waals surface area contributed by atoms with Gasteiger partial charge in [-0.3, -0.25) is 9.59 Å². The van der Waals surface area contributed by atoms with Crippen molar-refractivity contribution in [2.45, 2.75) is 71.5 Å². The molecule has 1 N–H and O–H groups in total. The third-order valence-corrected chi connectivity index (χ3v) is 3.86. The lowest BCUT2D eigenvalue weighted by Crippen LogP contribution is -2.67. The molecule has 1 rings (SSSR count). The minimum atomic E-state index is -0.408. The molecule has 112 valence electrons. The summed E-state index contributed by atoms with van der Waals surface area (Å²) in [6, 6.07) is -0.853. The zero-order valence-electron chi connectivity index (χ0n) is 13.0. The summed E-state index contributed by atoms with van der Waals surface area (Å²) in [4.78, 5) is 26.8. The van der Waals surface area contributed by atoms with Crippen LogP contribution in [0.4, 0.5) is 0 Å². The van der Waals surface area contributed by atoms with E-state index in [4.69, 9.17) is 6.42 Å². The van der Waals surface area contributed by atoms with E-state index in [0.717, 1.165) is 12.8 Å². The number of nitrogens with zero attached hydrogens (tertiary/aromatic N) is 1. The quantitative estimate of drug-likeness (QED) is 0.755. The Morgan fingerprint density at radius 2 is 2.00 bits per heavy atom. The van der Waals surface area contributed by atoms with Crippen molar-refractivity contribution in [1.29, 1.82) is 0 Å². The average Bonchev–Trinajstić information content (AvgIpc) is 2.39. The molecule has 1 saturated heterocycles. The maximum Gasteiger partial charge on any atom is 0.246 e. The summed E-state index contributed by atoms with van der Waals surface area (Å²) in [6.07, 6.45) is 8.23. The van der Waals surface area contributed by atoms with Crippen molar-refractivity contribution in [2.75, 3.05) is 0 Å². The van der Waals surface area contributed by atoms with Gasteiger partial charge in [-0.2, -0.15) is 0 Å². The summed E-state index contributed by atoms with van der Waals surface area (Å²) in [7, 11) is 0. The third kappa shape index (κ3) is 3.33. The molecule has 0 bridgehead atoms. The molecule has 1 fully saturated rings. The molecule has 3 atom stereocenters. The first-order valence-electron chi connectivity index (χ1n) is 7.53. The summed E-state index contributed by atoms with van der Waals surface area (Å²) >= 11 is 0. The Morgan fingerprint density at radius 1 is 1.35 bits per heavy atom. The van der Waals surface area contributed by atoms with Gasteiger partial charge in [0.15, 0.2) is 0 Å². The number of carbonyl (C=O) groups excluding carboxylic acids is 2. The lowest BCUT2D eigenvalue weighted by atomic mass is 9.92. The van der Waals surface area contributed by atoms with E-state index in [2.05, 4.69) is 11.2 Å². The predicted octanol–water partition coefficient (Wildman–Crippen LogP) is 1.94. The van der Waals surface area contributed by atoms with Crippen LogP contribution in [-0.4, -0.2) is 34.8 Å². The second-order valence-corrected chi connectivity index (χ2v) is 5.75. The van der Waals surface area contributed by atoms with Crippen LogP contribution in [0.3, 0.4) is 0 Å². The van der Waals surface area contributed by atoms with Crippen LogP contribution in [0.2, 0.25) is 0 Å². The monoisotopic (exact) mass is 278 g/mol. The van der Waals surface area contributed by atoms with Gasteiger partial charge >= 0.3 is 0 Å². The Morgan fingerprint density at radius 3 is 2.45 bits per heavy atom. The molecule has 4 heteroatoms. The van der Waals surface area contributed by atoms with Crippen LogP contribution in [0.15, 0.2) is 0 Å². The molecule has 0 spiro atoms. The average molecular weight is 278 g/mol. The SMILES string of the molecule is C#CCC(CC)N1C(=O)C(CCC)NC(=O)C1C(C)C. The molecule has 0 saturated carbocycles. The van der Waals surface area contributed by atoms with Crippen LogP contribution in [0.5, 0.6) is 0 Å². The number of amides is 2. The summed E-state index contributed by atoms with van der Waals surface area (Å²) in [5.41, 5.74) is 0. The van der Waals surface area contributed by atoms with Gasteiger partial charge < -0.3 is 10.2 Å². The fourth-order valence-corrected chi connectivity index (χ4v) is 2.85. The van der Waals surface area contributed by atoms with E-state index in [9.17, 15) is 9.59 Å². The van der Waals surface area contributed by atoms with Crippen LogP contribution < -0.4 is 5.32 Å². The molecule has 0 aliphatic carbocycles. The standard InChI is InChI=1S/C16H26N2O2/c1-6-9-12(8-3)18-14(11(4)5)15(19)17-13(10-7-2)16(18)20/h1,11-14H,7-10H2,2-5H3,(H,17,19). The van der Waals surface area contributed by atoms with Gasteiger partial charge in [0.2, 0.25) is 11.8 Å². The first-order chi connectivity index (χ1) is 9.47. The highest BCUT2D eigenvalue weighted by Crippen LogP contribution is 2.24. The molecule has 2 amide bonds. The first kappa shape index (κ1) is 16.6. The maximum atomic E-state index is 12.7. The van der Waals surface area contributed by atoms with Crippen molar-refractivity contribution >= 4 is 11.8 Å². The van der Waals surface area contributed by atoms with Crippen molar-refractivity contribution < 1.29 is 9.59 Å². The lowest BCUT2D eigenvalue weighted by molar-refractivity contribution is -0.154. The van der Waals surface area contributed by atoms with Crippen molar-refractivity contribution in [3.05, 3.63) is 0 Å². The molecule has 0 aromatic rings. The minimum Gasteiger partial charge on any atom is -0.342 e. The fourth-order valence-electron chi connectivity index (χ4n) is 2.85. The number of carbonyl (C=O) groups is 2. The molecule has 4 nitrogen and oxygen atoms in total. The van der Waals surface area contributed by atoms with Gasteiger partial charge in [-0.15, -0.1) is 12.3 Å². The maximum absolute atomic E-state index is 12.7. The van der Waals surface area contributed by atoms with Gasteiger partial charge in [0.1, 0.15) is 12.1 Å². The van der Waals surface area contributed by atoms with Crippen LogP contribution in [0.25, 0.3) is 0 Å². The highest BCUT2D eigenvalue weighted by atomic mass is 16.2. The number of hydrogen-bond donors (Lipinski definition) is 1. The Hall–Kier alpha value is -1.50. The van der Waals surface area contributed by atoms with E-state index in [1.807, 2.05) is 27.7 Å². The van der Waals surface area contributed by atoms with Crippen molar-refractivity contribution in [3.8, 4) is 12.3 Å². The zero-order chi connectivity index (χ0) is 15.3. The zero-order valence-corrected chi connectivity index (χ0v) is 13.0. The molecule has 1 aliphatic heterocycles. The van der Waals surface area contributed by atoms with Crippen LogP contribution in [0, 0.1) is 18.3 Å². The molecule has 20 heavy (non-hydrogen) atoms. The molecular weight excluding hydrogens is 252 g/mol. The minimum absolute atomic E-state index is 0.0206. The Kier molecular flexibility index (Phi) is 6.06. The van der Waals surface area contributed by atoms with Crippen LogP contribution in [-0.2, 0) is 9.59 Å². The molecule has 3 unspecified atom stereocenters. The number of terminal acetylenes is 1. The highest BCUT2D eigenvalue weighted by molar-refractivity contribution is 5.97. The number of rotatable bonds is 6. The Balaban J connectivity index is 3.10. The number of piperazine rings is 1. The van der Waals surface area contributed by atoms with E-state index in [1.54, 1.807) is 4.90 Å². The second-order valence-electron chi connectivity index (χ2n) is 5.75. The second kappa shape index (κ2) is 7.33. The summed E-state index contributed by atoms with van der Waals surface area (Å²) < 4.78 is 0. The van der Waals surface area contributed by atoms with Crippen molar-refractivity contribution in [1.82, 2.24) is 10.2 Å². The van der Waals surface area contributed by atoms with Crippen LogP contribution >= 0.6 is 0 Å². The first-order valence-corrected chi connectivity index (χ1v) is 7.53. The molecule has 0 radical (unpaired) electrons. The summed E-state index contributed by atoms with van der Waals surface area (Å²) in [6.45, 7) is 7.95. The molecular formula is C16H26N2O2. The fraction of sp³-hybridized carbons (Fsp3) is 0.750. The van der Waals surface area contributed by atoms with Gasteiger partial charge in [-0.05, 0) is 18.8 Å². The van der Waals surface area contributed by atoms with E-state index >= 15 is 0 Å². The number of nitrogens with one attached hydrogen (secondary N) is 1. The highest BCUT2D eigenvalue weighted by Gasteiger charge is 2.43. The van der Waals surface area contributed by atoms with Gasteiger partial charge in [0.25, 0.3) is 0 Å². The van der Waals surface area contributed by atoms with Crippen molar-refractivity contribution in [2.24, 2.45) is 5.92 Å². The Bertz CT molecular complexity index is 398. The van der Waals surface area contributed by atoms with E-state index in [0.29, 0.717) is 12.8 Å². The van der Waals surface area contributed by atoms with E-state index in [-0.39, 0.29) is 23.8 Å². The largest absolute Gasteiger partial charge is 0.342 e. The smallest absolute Gasteiger partial charge is 0.246 e. The molecule has 1 aliphatic rings. The molecule has 1 heterocycles. The van der Waals surface area contributed by atoms with Gasteiger partial charge in [-0.1, -0.05) is 34.1 Å². The molecule has 0 aromatic carbocycles. The third-order valence-electron chi connectivity index (χ3n) is 3.86. The summed E-state index contributed by atoms with van der Waals surface area (Å²) in [5.74, 6) is 2.68. The normalized spacial score (nSPS) is 24.5. The molecule has 0 aromatic heterocycles. The number of hydrogen-bond acceptors (Lipinski definition) is 2. The van der Waals surface area contributed by atoms with E-state index < -0.39 is 12.1 Å². The Labute approximate surface area is 122 Å². The van der Waals surface area contributed by atoms with Gasteiger partial charge in [0.05, 0.1) is 0 Å². The van der Waals surface area contributed by atoms with E-state index in [1.165, 1.54) is 0 Å². The summed E-state index contributed by atoms with van der Waals surface area (Å²) in [5, 5.41) is 2.87. The van der Waals surface area contributed by atoms with Crippen LogP contribution in [0.1, 0.15) is 53.4 Å². The lowest BCUT2D eigenvalue weighted by Gasteiger charge is -2.44. The topological polar surface area (TPSA) is 49.4 Å². The van der Waals surface area contributed by atoms with Gasteiger partial charge in [-0.25, -0.2) is 0 Å².